The van der Waals surface area contributed by atoms with E-state index in [1.165, 1.54) is 13.2 Å². The second kappa shape index (κ2) is 6.45. The molecule has 0 saturated heterocycles. The van der Waals surface area contributed by atoms with Crippen LogP contribution in [-0.4, -0.2) is 47.9 Å². The molecule has 0 aliphatic heterocycles. The number of hydrogen-bond donors (Lipinski definition) is 1. The van der Waals surface area contributed by atoms with Gasteiger partial charge in [-0.25, -0.2) is 9.48 Å². The fraction of sp³-hybridized carbons (Fsp3) is 0.500. The maximum Gasteiger partial charge on any atom is 0.339 e. The highest BCUT2D eigenvalue weighted by atomic mass is 28.3. The largest absolute Gasteiger partial charge is 0.496 e. The van der Waals surface area contributed by atoms with E-state index >= 15 is 0 Å². The Balaban J connectivity index is 2.18. The molecule has 0 saturated carbocycles. The molecule has 0 radical (unpaired) electrons. The molecule has 1 aromatic carbocycles. The molecular formula is C14H21N3O4Si. The average molecular weight is 323 g/mol. The van der Waals surface area contributed by atoms with E-state index in [4.69, 9.17) is 9.47 Å². The number of rotatable bonds is 7. The summed E-state index contributed by atoms with van der Waals surface area (Å²) in [4.78, 5) is 11.3. The van der Waals surface area contributed by atoms with Crippen molar-refractivity contribution in [2.45, 2.75) is 32.4 Å². The van der Waals surface area contributed by atoms with Crippen LogP contribution in [0.25, 0.3) is 11.0 Å². The molecule has 120 valence electrons. The third kappa shape index (κ3) is 3.83. The van der Waals surface area contributed by atoms with Crippen molar-refractivity contribution in [2.75, 3.05) is 13.7 Å². The van der Waals surface area contributed by atoms with Crippen LogP contribution in [0.2, 0.25) is 25.7 Å². The first kappa shape index (κ1) is 16.4. The zero-order chi connectivity index (χ0) is 16.3. The van der Waals surface area contributed by atoms with Crippen LogP contribution in [0, 0.1) is 0 Å². The number of nitrogens with zero attached hydrogens (tertiary/aromatic N) is 3. The molecule has 22 heavy (non-hydrogen) atoms. The Morgan fingerprint density at radius 3 is 2.68 bits per heavy atom. The number of methoxy groups -OCH3 is 1. The number of aromatic carboxylic acids is 1. The molecule has 0 amide bonds. The number of carbonyl (C=O) groups is 1. The summed E-state index contributed by atoms with van der Waals surface area (Å²) in [6.45, 7) is 7.78. The molecule has 0 unspecified atom stereocenters. The maximum atomic E-state index is 11.3. The van der Waals surface area contributed by atoms with Crippen LogP contribution < -0.4 is 4.74 Å². The smallest absolute Gasteiger partial charge is 0.339 e. The van der Waals surface area contributed by atoms with Crippen LogP contribution in [0.1, 0.15) is 10.4 Å². The van der Waals surface area contributed by atoms with Crippen LogP contribution in [0.5, 0.6) is 5.75 Å². The van der Waals surface area contributed by atoms with Crippen LogP contribution in [0.15, 0.2) is 12.1 Å². The summed E-state index contributed by atoms with van der Waals surface area (Å²) in [6.07, 6.45) is 0. The van der Waals surface area contributed by atoms with Gasteiger partial charge in [-0.1, -0.05) is 24.9 Å². The van der Waals surface area contributed by atoms with E-state index in [1.807, 2.05) is 0 Å². The zero-order valence-electron chi connectivity index (χ0n) is 13.3. The molecule has 1 aromatic heterocycles. The van der Waals surface area contributed by atoms with Gasteiger partial charge in [0.05, 0.1) is 12.6 Å². The quantitative estimate of drug-likeness (QED) is 0.622. The second-order valence-electron chi connectivity index (χ2n) is 6.28. The first-order chi connectivity index (χ1) is 10.3. The summed E-state index contributed by atoms with van der Waals surface area (Å²) in [7, 11) is 0.294. The maximum absolute atomic E-state index is 11.3. The predicted octanol–water partition coefficient (Wildman–Crippen LogP) is 2.45. The summed E-state index contributed by atoms with van der Waals surface area (Å²) in [5.41, 5.74) is 1.28. The van der Waals surface area contributed by atoms with E-state index in [2.05, 4.69) is 30.0 Å². The SMILES string of the molecule is COc1cc2nnn(COCC[Si](C)(C)C)c2cc1C(=O)O. The van der Waals surface area contributed by atoms with Crippen molar-refractivity contribution >= 4 is 25.1 Å². The number of ether oxygens (including phenoxy) is 2. The normalized spacial score (nSPS) is 11.8. The number of hydrogen-bond acceptors (Lipinski definition) is 5. The fourth-order valence-electron chi connectivity index (χ4n) is 1.96. The van der Waals surface area contributed by atoms with Crippen molar-refractivity contribution in [3.63, 3.8) is 0 Å². The molecule has 2 rings (SSSR count). The molecular weight excluding hydrogens is 302 g/mol. The molecule has 7 nitrogen and oxygen atoms in total. The van der Waals surface area contributed by atoms with Gasteiger partial charge in [-0.3, -0.25) is 0 Å². The summed E-state index contributed by atoms with van der Waals surface area (Å²) in [6, 6.07) is 4.15. The minimum Gasteiger partial charge on any atom is -0.496 e. The number of carboxylic acid groups (broad SMARTS) is 1. The lowest BCUT2D eigenvalue weighted by Gasteiger charge is -2.15. The predicted molar refractivity (Wildman–Crippen MR) is 85.1 cm³/mol. The number of aromatic nitrogens is 3. The van der Waals surface area contributed by atoms with Crippen LogP contribution in [0.3, 0.4) is 0 Å². The third-order valence-electron chi connectivity index (χ3n) is 3.28. The minimum absolute atomic E-state index is 0.0839. The van der Waals surface area contributed by atoms with Crippen LogP contribution >= 0.6 is 0 Å². The third-order valence-corrected chi connectivity index (χ3v) is 4.98. The van der Waals surface area contributed by atoms with Gasteiger partial charge in [-0.15, -0.1) is 5.10 Å². The summed E-state index contributed by atoms with van der Waals surface area (Å²) in [5, 5.41) is 17.3. The Morgan fingerprint density at radius 2 is 2.09 bits per heavy atom. The molecule has 1 N–H and O–H groups in total. The molecule has 0 aliphatic carbocycles. The molecule has 0 atom stereocenters. The van der Waals surface area contributed by atoms with Crippen LogP contribution in [0.4, 0.5) is 0 Å². The second-order valence-corrected chi connectivity index (χ2v) is 11.9. The first-order valence-corrected chi connectivity index (χ1v) is 10.7. The highest BCUT2D eigenvalue weighted by Crippen LogP contribution is 2.24. The number of fused-ring (bicyclic) bond motifs is 1. The van der Waals surface area contributed by atoms with Gasteiger partial charge < -0.3 is 14.6 Å². The van der Waals surface area contributed by atoms with E-state index in [1.54, 1.807) is 10.7 Å². The Morgan fingerprint density at radius 1 is 1.36 bits per heavy atom. The standard InChI is InChI=1S/C14H21N3O4Si/c1-20-13-8-11-12(7-10(13)14(18)19)17(16-15-11)9-21-5-6-22(2,3)4/h7-8H,5-6,9H2,1-4H3,(H,18,19). The average Bonchev–Trinajstić information content (AvgIpc) is 2.83. The Kier molecular flexibility index (Phi) is 4.82. The van der Waals surface area contributed by atoms with Gasteiger partial charge in [0, 0.05) is 20.7 Å². The van der Waals surface area contributed by atoms with Crippen LogP contribution in [-0.2, 0) is 11.5 Å². The summed E-state index contributed by atoms with van der Waals surface area (Å²) >= 11 is 0. The van der Waals surface area contributed by atoms with E-state index in [0.29, 0.717) is 17.6 Å². The van der Waals surface area contributed by atoms with E-state index in [0.717, 1.165) is 6.04 Å². The highest BCUT2D eigenvalue weighted by Gasteiger charge is 2.16. The molecule has 8 heteroatoms. The lowest BCUT2D eigenvalue weighted by Crippen LogP contribution is -2.22. The lowest BCUT2D eigenvalue weighted by atomic mass is 10.1. The number of benzene rings is 1. The summed E-state index contributed by atoms with van der Waals surface area (Å²) < 4.78 is 12.3. The van der Waals surface area contributed by atoms with E-state index in [-0.39, 0.29) is 18.0 Å². The van der Waals surface area contributed by atoms with E-state index < -0.39 is 14.0 Å². The molecule has 2 aromatic rings. The fourth-order valence-corrected chi connectivity index (χ4v) is 2.71. The molecule has 0 spiro atoms. The number of carboxylic acids is 1. The van der Waals surface area contributed by atoms with Crippen molar-refractivity contribution < 1.29 is 19.4 Å². The van der Waals surface area contributed by atoms with Gasteiger partial charge >= 0.3 is 5.97 Å². The Hall–Kier alpha value is -1.93. The lowest BCUT2D eigenvalue weighted by molar-refractivity contribution is 0.0692. The minimum atomic E-state index is -1.13. The van der Waals surface area contributed by atoms with E-state index in [9.17, 15) is 9.90 Å². The van der Waals surface area contributed by atoms with Gasteiger partial charge in [-0.2, -0.15) is 0 Å². The highest BCUT2D eigenvalue weighted by molar-refractivity contribution is 6.76. The zero-order valence-corrected chi connectivity index (χ0v) is 14.3. The Bertz CT molecular complexity index is 679. The molecule has 1 heterocycles. The molecule has 0 bridgehead atoms. The van der Waals surface area contributed by atoms with Gasteiger partial charge in [0.2, 0.25) is 0 Å². The van der Waals surface area contributed by atoms with Crippen molar-refractivity contribution in [1.82, 2.24) is 15.0 Å². The van der Waals surface area contributed by atoms with Crippen molar-refractivity contribution in [2.24, 2.45) is 0 Å². The molecule has 0 fully saturated rings. The van der Waals surface area contributed by atoms with Crippen molar-refractivity contribution in [1.29, 1.82) is 0 Å². The van der Waals surface area contributed by atoms with Gasteiger partial charge in [0.15, 0.2) is 0 Å². The van der Waals surface area contributed by atoms with Crippen molar-refractivity contribution in [3.05, 3.63) is 17.7 Å². The topological polar surface area (TPSA) is 86.5 Å². The Labute approximate surface area is 129 Å². The van der Waals surface area contributed by atoms with Gasteiger partial charge in [0.1, 0.15) is 23.6 Å². The van der Waals surface area contributed by atoms with Crippen molar-refractivity contribution in [3.8, 4) is 5.75 Å². The van der Waals surface area contributed by atoms with Gasteiger partial charge in [-0.05, 0) is 12.1 Å². The molecule has 0 aliphatic rings. The summed E-state index contributed by atoms with van der Waals surface area (Å²) in [5.74, 6) is -0.780. The first-order valence-electron chi connectivity index (χ1n) is 7.04. The monoisotopic (exact) mass is 323 g/mol. The van der Waals surface area contributed by atoms with Gasteiger partial charge in [0.25, 0.3) is 0 Å².